The number of nitrogens with one attached hydrogen (secondary N) is 1. The van der Waals surface area contributed by atoms with Crippen LogP contribution in [0.25, 0.3) is 0 Å². The maximum absolute atomic E-state index is 9.51. The highest BCUT2D eigenvalue weighted by Crippen LogP contribution is 2.15. The minimum Gasteiger partial charge on any atom is -0.395 e. The fourth-order valence-corrected chi connectivity index (χ4v) is 3.45. The van der Waals surface area contributed by atoms with Gasteiger partial charge in [-0.3, -0.25) is 0 Å². The fourth-order valence-electron chi connectivity index (χ4n) is 3.45. The van der Waals surface area contributed by atoms with E-state index < -0.39 is 0 Å². The van der Waals surface area contributed by atoms with Gasteiger partial charge in [0.05, 0.1) is 18.8 Å². The zero-order chi connectivity index (χ0) is 18.8. The number of allylic oxidation sites excluding steroid dienone is 1. The van der Waals surface area contributed by atoms with Crippen LogP contribution in [-0.4, -0.2) is 37.5 Å². The molecule has 2 N–H and O–H groups in total. The zero-order valence-corrected chi connectivity index (χ0v) is 17.5. The zero-order valence-electron chi connectivity index (χ0n) is 17.5. The normalized spacial score (nSPS) is 14.7. The van der Waals surface area contributed by atoms with Crippen LogP contribution < -0.4 is 5.32 Å². The van der Waals surface area contributed by atoms with Crippen LogP contribution in [0.3, 0.4) is 0 Å². The molecule has 0 radical (unpaired) electrons. The van der Waals surface area contributed by atoms with Gasteiger partial charge in [-0.25, -0.2) is 0 Å². The second kappa shape index (κ2) is 18.4. The highest BCUT2D eigenvalue weighted by molar-refractivity contribution is 5.09. The van der Waals surface area contributed by atoms with Gasteiger partial charge < -0.3 is 15.2 Å². The largest absolute Gasteiger partial charge is 0.395 e. The van der Waals surface area contributed by atoms with Crippen molar-refractivity contribution in [3.05, 3.63) is 11.6 Å². The third-order valence-corrected chi connectivity index (χ3v) is 5.01. The first-order valence-electron chi connectivity index (χ1n) is 10.7. The highest BCUT2D eigenvalue weighted by Gasteiger charge is 2.20. The molecule has 2 atom stereocenters. The molecule has 0 unspecified atom stereocenters. The first-order valence-corrected chi connectivity index (χ1v) is 10.7. The van der Waals surface area contributed by atoms with Crippen LogP contribution in [-0.2, 0) is 4.74 Å². The van der Waals surface area contributed by atoms with Gasteiger partial charge in [0.25, 0.3) is 0 Å². The molecule has 0 heterocycles. The van der Waals surface area contributed by atoms with E-state index in [2.05, 4.69) is 32.2 Å². The molecule has 3 heteroatoms. The van der Waals surface area contributed by atoms with Crippen molar-refractivity contribution in [2.75, 3.05) is 20.3 Å². The van der Waals surface area contributed by atoms with E-state index in [1.165, 1.54) is 76.2 Å². The van der Waals surface area contributed by atoms with Crippen LogP contribution in [0.15, 0.2) is 11.6 Å². The van der Waals surface area contributed by atoms with Crippen molar-refractivity contribution in [3.8, 4) is 0 Å². The summed E-state index contributed by atoms with van der Waals surface area (Å²) in [4.78, 5) is 0. The molecule has 0 rings (SSSR count). The average Bonchev–Trinajstić information content (AvgIpc) is 2.62. The van der Waals surface area contributed by atoms with Crippen molar-refractivity contribution in [1.82, 2.24) is 5.32 Å². The Morgan fingerprint density at radius 3 is 1.88 bits per heavy atom. The number of rotatable bonds is 18. The van der Waals surface area contributed by atoms with Crippen LogP contribution in [0.4, 0.5) is 0 Å². The van der Waals surface area contributed by atoms with E-state index in [4.69, 9.17) is 4.74 Å². The molecule has 0 aromatic rings. The minimum atomic E-state index is -0.0299. The van der Waals surface area contributed by atoms with Crippen molar-refractivity contribution in [3.63, 3.8) is 0 Å². The topological polar surface area (TPSA) is 41.5 Å². The predicted molar refractivity (Wildman–Crippen MR) is 110 cm³/mol. The van der Waals surface area contributed by atoms with Crippen molar-refractivity contribution in [2.45, 2.75) is 110 Å². The highest BCUT2D eigenvalue weighted by atomic mass is 16.5. The Labute approximate surface area is 157 Å². The van der Waals surface area contributed by atoms with E-state index in [1.807, 2.05) is 0 Å². The Kier molecular flexibility index (Phi) is 18.1. The Morgan fingerprint density at radius 1 is 0.920 bits per heavy atom. The molecular weight excluding hydrogens is 310 g/mol. The van der Waals surface area contributed by atoms with Crippen LogP contribution in [0.2, 0.25) is 0 Å². The molecule has 0 aromatic carbocycles. The summed E-state index contributed by atoms with van der Waals surface area (Å²) < 4.78 is 5.58. The molecule has 0 aliphatic heterocycles. The van der Waals surface area contributed by atoms with Gasteiger partial charge in [-0.2, -0.15) is 0 Å². The van der Waals surface area contributed by atoms with Crippen LogP contribution in [0.5, 0.6) is 0 Å². The molecule has 0 fully saturated rings. The summed E-state index contributed by atoms with van der Waals surface area (Å²) in [6.45, 7) is 7.40. The molecular formula is C22H45NO2. The molecule has 0 bridgehead atoms. The molecule has 0 amide bonds. The molecule has 0 saturated heterocycles. The molecule has 0 aromatic heterocycles. The van der Waals surface area contributed by atoms with Crippen molar-refractivity contribution in [2.24, 2.45) is 0 Å². The SMILES string of the molecule is CCCCCCCCCCCCC/C=C(\C)[C@@H](OC)[C@H](CO)NCC. The first kappa shape index (κ1) is 24.6. The third kappa shape index (κ3) is 13.5. The van der Waals surface area contributed by atoms with E-state index in [-0.39, 0.29) is 18.8 Å². The van der Waals surface area contributed by atoms with Gasteiger partial charge in [-0.15, -0.1) is 0 Å². The lowest BCUT2D eigenvalue weighted by molar-refractivity contribution is 0.0705. The molecule has 0 aliphatic rings. The standard InChI is InChI=1S/C22H45NO2/c1-5-7-8-9-10-11-12-13-14-15-16-17-18-20(3)22(25-4)21(19-24)23-6-2/h18,21-24H,5-17,19H2,1-4H3/b20-18+/t21-,22+/m0/s1. The average molecular weight is 356 g/mol. The molecule has 0 saturated carbocycles. The quantitative estimate of drug-likeness (QED) is 0.248. The summed E-state index contributed by atoms with van der Waals surface area (Å²) in [5, 5.41) is 12.8. The number of unbranched alkanes of at least 4 members (excludes halogenated alkanes) is 11. The van der Waals surface area contributed by atoms with E-state index in [0.717, 1.165) is 13.0 Å². The molecule has 0 aliphatic carbocycles. The first-order chi connectivity index (χ1) is 12.2. The van der Waals surface area contributed by atoms with Gasteiger partial charge in [-0.1, -0.05) is 84.1 Å². The number of aliphatic hydroxyl groups is 1. The van der Waals surface area contributed by atoms with Gasteiger partial charge in [0.15, 0.2) is 0 Å². The Morgan fingerprint density at radius 2 is 1.44 bits per heavy atom. The monoisotopic (exact) mass is 355 g/mol. The number of ether oxygens (including phenoxy) is 1. The van der Waals surface area contributed by atoms with E-state index >= 15 is 0 Å². The van der Waals surface area contributed by atoms with Crippen LogP contribution >= 0.6 is 0 Å². The van der Waals surface area contributed by atoms with Gasteiger partial charge in [-0.05, 0) is 31.9 Å². The second-order valence-electron chi connectivity index (χ2n) is 7.28. The molecule has 0 spiro atoms. The minimum absolute atomic E-state index is 0.0106. The van der Waals surface area contributed by atoms with E-state index in [0.29, 0.717) is 0 Å². The smallest absolute Gasteiger partial charge is 0.0953 e. The molecule has 3 nitrogen and oxygen atoms in total. The summed E-state index contributed by atoms with van der Waals surface area (Å²) in [7, 11) is 1.73. The predicted octanol–water partition coefficient (Wildman–Crippen LogP) is 5.62. The molecule has 150 valence electrons. The number of hydrogen-bond acceptors (Lipinski definition) is 3. The van der Waals surface area contributed by atoms with E-state index in [9.17, 15) is 5.11 Å². The number of aliphatic hydroxyl groups excluding tert-OH is 1. The summed E-state index contributed by atoms with van der Waals surface area (Å²) >= 11 is 0. The van der Waals surface area contributed by atoms with Crippen LogP contribution in [0.1, 0.15) is 97.8 Å². The Bertz CT molecular complexity index is 304. The Hall–Kier alpha value is -0.380. The summed E-state index contributed by atoms with van der Waals surface area (Å²) in [5.41, 5.74) is 1.23. The molecule has 25 heavy (non-hydrogen) atoms. The third-order valence-electron chi connectivity index (χ3n) is 5.01. The van der Waals surface area contributed by atoms with E-state index in [1.54, 1.807) is 7.11 Å². The summed E-state index contributed by atoms with van der Waals surface area (Å²) in [6.07, 6.45) is 18.6. The lowest BCUT2D eigenvalue weighted by atomic mass is 10.0. The summed E-state index contributed by atoms with van der Waals surface area (Å²) in [6, 6.07) is -0.0106. The van der Waals surface area contributed by atoms with Gasteiger partial charge in [0, 0.05) is 7.11 Å². The van der Waals surface area contributed by atoms with Crippen molar-refractivity contribution in [1.29, 1.82) is 0 Å². The lowest BCUT2D eigenvalue weighted by Gasteiger charge is -2.26. The van der Waals surface area contributed by atoms with Crippen molar-refractivity contribution >= 4 is 0 Å². The maximum Gasteiger partial charge on any atom is 0.0953 e. The fraction of sp³-hybridized carbons (Fsp3) is 0.909. The second-order valence-corrected chi connectivity index (χ2v) is 7.28. The number of likely N-dealkylation sites (N-methyl/N-ethyl adjacent to an activating group) is 1. The summed E-state index contributed by atoms with van der Waals surface area (Å²) in [5.74, 6) is 0. The number of hydrogen-bond donors (Lipinski definition) is 2. The van der Waals surface area contributed by atoms with Gasteiger partial charge in [0.2, 0.25) is 0 Å². The number of methoxy groups -OCH3 is 1. The van der Waals surface area contributed by atoms with Gasteiger partial charge in [0.1, 0.15) is 0 Å². The Balaban J connectivity index is 3.71. The van der Waals surface area contributed by atoms with Crippen molar-refractivity contribution < 1.29 is 9.84 Å². The maximum atomic E-state index is 9.51. The van der Waals surface area contributed by atoms with Crippen LogP contribution in [0, 0.1) is 0 Å². The lowest BCUT2D eigenvalue weighted by Crippen LogP contribution is -2.44. The van der Waals surface area contributed by atoms with Gasteiger partial charge >= 0.3 is 0 Å².